The van der Waals surface area contributed by atoms with Gasteiger partial charge in [0.05, 0.1) is 16.6 Å². The zero-order valence-corrected chi connectivity index (χ0v) is 16.8. The van der Waals surface area contributed by atoms with E-state index in [9.17, 15) is 9.59 Å². The average Bonchev–Trinajstić information content (AvgIpc) is 3.24. The summed E-state index contributed by atoms with van der Waals surface area (Å²) < 4.78 is 6.63. The maximum absolute atomic E-state index is 13.4. The van der Waals surface area contributed by atoms with Crippen LogP contribution in [0.3, 0.4) is 0 Å². The summed E-state index contributed by atoms with van der Waals surface area (Å²) in [6, 6.07) is 9.77. The molecule has 28 heavy (non-hydrogen) atoms. The summed E-state index contributed by atoms with van der Waals surface area (Å²) >= 11 is 4.66. The van der Waals surface area contributed by atoms with Crippen LogP contribution in [0.15, 0.2) is 56.3 Å². The molecule has 1 unspecified atom stereocenters. The van der Waals surface area contributed by atoms with Crippen LogP contribution in [-0.2, 0) is 0 Å². The molecule has 0 radical (unpaired) electrons. The molecule has 4 aromatic rings. The van der Waals surface area contributed by atoms with E-state index in [2.05, 4.69) is 31.1 Å². The van der Waals surface area contributed by atoms with Gasteiger partial charge in [0.25, 0.3) is 5.91 Å². The monoisotopic (exact) mass is 454 g/mol. The number of benzene rings is 1. The first kappa shape index (κ1) is 17.2. The molecular weight excluding hydrogens is 444 g/mol. The second kappa shape index (κ2) is 6.32. The lowest BCUT2D eigenvalue weighted by atomic mass is 10.0. The Labute approximate surface area is 170 Å². The molecule has 1 amide bonds. The standard InChI is InChI=1S/C19H11BrN4O3S/c1-9-22-23-19(28-9)24-15(12-4-2-3-7-21-12)14-16(25)11-8-10(20)5-6-13(11)27-17(14)18(24)26/h2-8,15H,1H3. The number of rotatable bonds is 2. The van der Waals surface area contributed by atoms with Crippen LogP contribution in [0.5, 0.6) is 0 Å². The minimum absolute atomic E-state index is 0.0170. The fraction of sp³-hybridized carbons (Fsp3) is 0.105. The van der Waals surface area contributed by atoms with E-state index in [-0.39, 0.29) is 16.8 Å². The third-order valence-electron chi connectivity index (χ3n) is 4.52. The van der Waals surface area contributed by atoms with Crippen LogP contribution in [0.1, 0.15) is 32.9 Å². The number of aromatic nitrogens is 3. The van der Waals surface area contributed by atoms with Crippen molar-refractivity contribution in [1.82, 2.24) is 15.2 Å². The number of pyridine rings is 1. The average molecular weight is 455 g/mol. The Morgan fingerprint density at radius 1 is 1.18 bits per heavy atom. The lowest BCUT2D eigenvalue weighted by Crippen LogP contribution is -2.30. The molecular formula is C19H11BrN4O3S. The first-order chi connectivity index (χ1) is 13.5. The van der Waals surface area contributed by atoms with E-state index in [0.717, 1.165) is 4.47 Å². The number of carbonyl (C=O) groups excluding carboxylic acids is 1. The van der Waals surface area contributed by atoms with Gasteiger partial charge in [-0.1, -0.05) is 33.3 Å². The Kier molecular flexibility index (Phi) is 3.88. The van der Waals surface area contributed by atoms with Gasteiger partial charge in [-0.15, -0.1) is 10.2 Å². The Morgan fingerprint density at radius 3 is 2.75 bits per heavy atom. The smallest absolute Gasteiger partial charge is 0.297 e. The van der Waals surface area contributed by atoms with Crippen molar-refractivity contribution < 1.29 is 9.21 Å². The molecule has 0 bridgehead atoms. The highest BCUT2D eigenvalue weighted by Crippen LogP contribution is 2.41. The predicted octanol–water partition coefficient (Wildman–Crippen LogP) is 3.86. The van der Waals surface area contributed by atoms with Crippen LogP contribution in [0.4, 0.5) is 5.13 Å². The molecule has 0 N–H and O–H groups in total. The molecule has 1 atom stereocenters. The first-order valence-electron chi connectivity index (χ1n) is 8.35. The normalized spacial score (nSPS) is 16.0. The molecule has 7 nitrogen and oxygen atoms in total. The van der Waals surface area contributed by atoms with Gasteiger partial charge in [0.15, 0.2) is 5.43 Å². The summed E-state index contributed by atoms with van der Waals surface area (Å²) in [7, 11) is 0. The fourth-order valence-corrected chi connectivity index (χ4v) is 4.42. The Balaban J connectivity index is 1.84. The Morgan fingerprint density at radius 2 is 2.04 bits per heavy atom. The molecule has 1 aliphatic heterocycles. The van der Waals surface area contributed by atoms with Gasteiger partial charge in [-0.05, 0) is 37.3 Å². The zero-order chi connectivity index (χ0) is 19.4. The number of fused-ring (bicyclic) bond motifs is 2. The summed E-state index contributed by atoms with van der Waals surface area (Å²) in [5.41, 5.74) is 0.923. The molecule has 5 rings (SSSR count). The van der Waals surface area contributed by atoms with Crippen molar-refractivity contribution in [3.8, 4) is 0 Å². The third kappa shape index (κ3) is 2.50. The van der Waals surface area contributed by atoms with Crippen molar-refractivity contribution >= 4 is 49.3 Å². The molecule has 0 saturated carbocycles. The summed E-state index contributed by atoms with van der Waals surface area (Å²) in [6.07, 6.45) is 1.63. The Bertz CT molecular complexity index is 1300. The van der Waals surface area contributed by atoms with E-state index in [0.29, 0.717) is 26.8 Å². The van der Waals surface area contributed by atoms with E-state index in [1.54, 1.807) is 43.5 Å². The summed E-state index contributed by atoms with van der Waals surface area (Å²) in [4.78, 5) is 32.4. The van der Waals surface area contributed by atoms with Crippen LogP contribution in [0.25, 0.3) is 11.0 Å². The number of hydrogen-bond donors (Lipinski definition) is 0. The van der Waals surface area contributed by atoms with Crippen LogP contribution >= 0.6 is 27.3 Å². The van der Waals surface area contributed by atoms with Crippen molar-refractivity contribution in [3.05, 3.63) is 79.3 Å². The topological polar surface area (TPSA) is 89.2 Å². The largest absolute Gasteiger partial charge is 0.450 e. The third-order valence-corrected chi connectivity index (χ3v) is 5.85. The van der Waals surface area contributed by atoms with Crippen LogP contribution in [0, 0.1) is 6.92 Å². The predicted molar refractivity (Wildman–Crippen MR) is 108 cm³/mol. The maximum Gasteiger partial charge on any atom is 0.297 e. The molecule has 0 fully saturated rings. The van der Waals surface area contributed by atoms with Gasteiger partial charge in [-0.2, -0.15) is 0 Å². The highest BCUT2D eigenvalue weighted by Gasteiger charge is 2.45. The number of amides is 1. The lowest BCUT2D eigenvalue weighted by Gasteiger charge is -2.20. The number of nitrogens with zero attached hydrogens (tertiary/aromatic N) is 4. The molecule has 138 valence electrons. The van der Waals surface area contributed by atoms with Gasteiger partial charge in [0, 0.05) is 10.7 Å². The van der Waals surface area contributed by atoms with Gasteiger partial charge in [0.1, 0.15) is 16.6 Å². The number of aryl methyl sites for hydroxylation is 1. The van der Waals surface area contributed by atoms with Crippen LogP contribution < -0.4 is 10.3 Å². The number of hydrogen-bond acceptors (Lipinski definition) is 7. The first-order valence-corrected chi connectivity index (χ1v) is 9.96. The number of halogens is 1. The molecule has 4 heterocycles. The molecule has 0 spiro atoms. The van der Waals surface area contributed by atoms with Crippen molar-refractivity contribution in [3.63, 3.8) is 0 Å². The van der Waals surface area contributed by atoms with E-state index in [4.69, 9.17) is 4.42 Å². The van der Waals surface area contributed by atoms with Crippen molar-refractivity contribution in [2.45, 2.75) is 13.0 Å². The fourth-order valence-electron chi connectivity index (χ4n) is 3.34. The van der Waals surface area contributed by atoms with Crippen molar-refractivity contribution in [2.75, 3.05) is 4.90 Å². The lowest BCUT2D eigenvalue weighted by molar-refractivity contribution is 0.0970. The molecule has 1 aromatic carbocycles. The molecule has 9 heteroatoms. The minimum atomic E-state index is -0.726. The maximum atomic E-state index is 13.4. The van der Waals surface area contributed by atoms with Gasteiger partial charge < -0.3 is 4.42 Å². The van der Waals surface area contributed by atoms with Gasteiger partial charge in [-0.25, -0.2) is 0 Å². The second-order valence-corrected chi connectivity index (χ2v) is 8.33. The molecule has 1 aliphatic rings. The van der Waals surface area contributed by atoms with E-state index >= 15 is 0 Å². The van der Waals surface area contributed by atoms with Crippen molar-refractivity contribution in [2.24, 2.45) is 0 Å². The zero-order valence-electron chi connectivity index (χ0n) is 14.4. The molecule has 0 saturated heterocycles. The van der Waals surface area contributed by atoms with Crippen LogP contribution in [0.2, 0.25) is 0 Å². The van der Waals surface area contributed by atoms with Crippen molar-refractivity contribution in [1.29, 1.82) is 0 Å². The minimum Gasteiger partial charge on any atom is -0.450 e. The second-order valence-electron chi connectivity index (χ2n) is 6.25. The summed E-state index contributed by atoms with van der Waals surface area (Å²) in [5.74, 6) is -0.410. The highest BCUT2D eigenvalue weighted by molar-refractivity contribution is 9.10. The van der Waals surface area contributed by atoms with E-state index in [1.165, 1.54) is 16.2 Å². The van der Waals surface area contributed by atoms with E-state index < -0.39 is 11.9 Å². The SMILES string of the molecule is Cc1nnc(N2C(=O)c3oc4ccc(Br)cc4c(=O)c3C2c2ccccn2)s1. The summed E-state index contributed by atoms with van der Waals surface area (Å²) in [5, 5.41) is 9.64. The molecule has 0 aliphatic carbocycles. The van der Waals surface area contributed by atoms with Crippen LogP contribution in [-0.4, -0.2) is 21.1 Å². The summed E-state index contributed by atoms with van der Waals surface area (Å²) in [6.45, 7) is 1.81. The Hall–Kier alpha value is -2.91. The number of carbonyl (C=O) groups is 1. The molecule has 3 aromatic heterocycles. The van der Waals surface area contributed by atoms with Gasteiger partial charge >= 0.3 is 0 Å². The van der Waals surface area contributed by atoms with E-state index in [1.807, 2.05) is 6.07 Å². The number of anilines is 1. The van der Waals surface area contributed by atoms with Gasteiger partial charge in [-0.3, -0.25) is 19.5 Å². The quantitative estimate of drug-likeness (QED) is 0.456. The highest BCUT2D eigenvalue weighted by atomic mass is 79.9. The van der Waals surface area contributed by atoms with Gasteiger partial charge in [0.2, 0.25) is 10.9 Å².